The summed E-state index contributed by atoms with van der Waals surface area (Å²) in [6.45, 7) is 10.4. The number of pyridine rings is 1. The van der Waals surface area contributed by atoms with Crippen LogP contribution in [-0.2, 0) is 16.1 Å². The van der Waals surface area contributed by atoms with Crippen LogP contribution in [0.4, 0.5) is 5.82 Å². The molecule has 140 valence electrons. The van der Waals surface area contributed by atoms with E-state index in [9.17, 15) is 4.79 Å². The second kappa shape index (κ2) is 8.63. The van der Waals surface area contributed by atoms with E-state index in [1.54, 1.807) is 6.20 Å². The smallest absolute Gasteiger partial charge is 0.237 e. The molecule has 1 aromatic rings. The molecular formula is C19H32N4O2. The summed E-state index contributed by atoms with van der Waals surface area (Å²) in [5.74, 6) is 1.20. The molecule has 1 amide bonds. The van der Waals surface area contributed by atoms with Gasteiger partial charge in [-0.2, -0.15) is 0 Å². The van der Waals surface area contributed by atoms with Crippen molar-refractivity contribution in [2.24, 2.45) is 5.92 Å². The molecule has 1 N–H and O–H groups in total. The van der Waals surface area contributed by atoms with E-state index in [1.165, 1.54) is 0 Å². The Morgan fingerprint density at radius 3 is 2.56 bits per heavy atom. The Hall–Kier alpha value is -1.66. The first-order valence-corrected chi connectivity index (χ1v) is 9.08. The van der Waals surface area contributed by atoms with Crippen molar-refractivity contribution in [2.75, 3.05) is 32.1 Å². The maximum absolute atomic E-state index is 12.9. The van der Waals surface area contributed by atoms with Gasteiger partial charge in [0, 0.05) is 45.5 Å². The Bertz CT molecular complexity index is 566. The van der Waals surface area contributed by atoms with Crippen LogP contribution in [0.5, 0.6) is 0 Å². The van der Waals surface area contributed by atoms with Crippen LogP contribution in [0, 0.1) is 5.92 Å². The molecule has 6 heteroatoms. The molecular weight excluding hydrogens is 316 g/mol. The van der Waals surface area contributed by atoms with E-state index in [4.69, 9.17) is 4.74 Å². The molecule has 0 radical (unpaired) electrons. The second-order valence-corrected chi connectivity index (χ2v) is 7.50. The largest absolute Gasteiger partial charge is 0.373 e. The lowest BCUT2D eigenvalue weighted by atomic mass is 9.99. The summed E-state index contributed by atoms with van der Waals surface area (Å²) in [4.78, 5) is 21.5. The van der Waals surface area contributed by atoms with Gasteiger partial charge in [-0.05, 0) is 25.8 Å². The normalized spacial score (nSPS) is 22.7. The summed E-state index contributed by atoms with van der Waals surface area (Å²) in [5.41, 5.74) is 1.02. The monoisotopic (exact) mass is 348 g/mol. The van der Waals surface area contributed by atoms with Crippen molar-refractivity contribution in [3.8, 4) is 0 Å². The number of carbonyl (C=O) groups excluding carboxylic acids is 1. The summed E-state index contributed by atoms with van der Waals surface area (Å²) in [5, 5.41) is 3.11. The number of nitrogens with one attached hydrogen (secondary N) is 1. The standard InChI is InChI=1S/C19H32N4O2/c1-13(2)17(23-11-14(3)25-15(4)12-23)19(24)21-10-16-8-7-9-20-18(16)22(5)6/h7-9,13-15,17H,10-12H2,1-6H3,(H,21,24)/t14-,15-,17-/m1/s1. The minimum absolute atomic E-state index is 0.0739. The lowest BCUT2D eigenvalue weighted by Gasteiger charge is -2.41. The highest BCUT2D eigenvalue weighted by Crippen LogP contribution is 2.19. The number of amides is 1. The molecule has 6 nitrogen and oxygen atoms in total. The van der Waals surface area contributed by atoms with Crippen LogP contribution in [0.2, 0.25) is 0 Å². The van der Waals surface area contributed by atoms with Crippen molar-refractivity contribution in [1.82, 2.24) is 15.2 Å². The molecule has 1 saturated heterocycles. The third-order valence-electron chi connectivity index (χ3n) is 4.49. The van der Waals surface area contributed by atoms with E-state index in [0.29, 0.717) is 6.54 Å². The van der Waals surface area contributed by atoms with E-state index < -0.39 is 0 Å². The third-order valence-corrected chi connectivity index (χ3v) is 4.49. The number of morpholine rings is 1. The van der Waals surface area contributed by atoms with E-state index in [1.807, 2.05) is 31.1 Å². The molecule has 0 saturated carbocycles. The number of nitrogens with zero attached hydrogens (tertiary/aromatic N) is 3. The Kier molecular flexibility index (Phi) is 6.79. The number of hydrogen-bond acceptors (Lipinski definition) is 5. The van der Waals surface area contributed by atoms with Gasteiger partial charge in [0.25, 0.3) is 0 Å². The zero-order chi connectivity index (χ0) is 18.6. The van der Waals surface area contributed by atoms with Crippen LogP contribution in [0.3, 0.4) is 0 Å². The van der Waals surface area contributed by atoms with Gasteiger partial charge < -0.3 is 15.0 Å². The molecule has 1 fully saturated rings. The first kappa shape index (κ1) is 19.7. The van der Waals surface area contributed by atoms with Crippen molar-refractivity contribution < 1.29 is 9.53 Å². The molecule has 3 atom stereocenters. The Morgan fingerprint density at radius 1 is 1.36 bits per heavy atom. The van der Waals surface area contributed by atoms with Gasteiger partial charge in [0.2, 0.25) is 5.91 Å². The van der Waals surface area contributed by atoms with Crippen LogP contribution < -0.4 is 10.2 Å². The van der Waals surface area contributed by atoms with Crippen LogP contribution in [-0.4, -0.2) is 61.2 Å². The Morgan fingerprint density at radius 2 is 2.00 bits per heavy atom. The predicted molar refractivity (Wildman–Crippen MR) is 101 cm³/mol. The highest BCUT2D eigenvalue weighted by Gasteiger charge is 2.34. The lowest BCUT2D eigenvalue weighted by molar-refractivity contribution is -0.135. The van der Waals surface area contributed by atoms with Gasteiger partial charge in [0.15, 0.2) is 0 Å². The molecule has 0 bridgehead atoms. The molecule has 1 aromatic heterocycles. The minimum Gasteiger partial charge on any atom is -0.373 e. The van der Waals surface area contributed by atoms with E-state index in [-0.39, 0.29) is 30.1 Å². The number of ether oxygens (including phenoxy) is 1. The van der Waals surface area contributed by atoms with Crippen molar-refractivity contribution >= 4 is 11.7 Å². The zero-order valence-corrected chi connectivity index (χ0v) is 16.3. The van der Waals surface area contributed by atoms with Gasteiger partial charge in [0.1, 0.15) is 5.82 Å². The predicted octanol–water partition coefficient (Wildman–Crippen LogP) is 1.90. The number of aromatic nitrogens is 1. The molecule has 0 unspecified atom stereocenters. The maximum Gasteiger partial charge on any atom is 0.237 e. The quantitative estimate of drug-likeness (QED) is 0.851. The number of anilines is 1. The van der Waals surface area contributed by atoms with E-state index >= 15 is 0 Å². The van der Waals surface area contributed by atoms with Gasteiger partial charge in [-0.25, -0.2) is 4.98 Å². The molecule has 0 spiro atoms. The van der Waals surface area contributed by atoms with Gasteiger partial charge in [-0.1, -0.05) is 19.9 Å². The molecule has 1 aliphatic rings. The number of rotatable bonds is 6. The number of hydrogen-bond donors (Lipinski definition) is 1. The summed E-state index contributed by atoms with van der Waals surface area (Å²) in [6, 6.07) is 3.76. The second-order valence-electron chi connectivity index (χ2n) is 7.50. The molecule has 2 heterocycles. The summed E-state index contributed by atoms with van der Waals surface area (Å²) < 4.78 is 5.81. The SMILES string of the molecule is CC(C)[C@H](C(=O)NCc1cccnc1N(C)C)N1C[C@@H](C)O[C@H](C)C1. The third kappa shape index (κ3) is 5.16. The molecule has 0 aliphatic carbocycles. The molecule has 25 heavy (non-hydrogen) atoms. The van der Waals surface area contributed by atoms with Crippen molar-refractivity contribution in [3.63, 3.8) is 0 Å². The van der Waals surface area contributed by atoms with Crippen LogP contribution in [0.1, 0.15) is 33.3 Å². The topological polar surface area (TPSA) is 57.7 Å². The lowest BCUT2D eigenvalue weighted by Crippen LogP contribution is -2.56. The van der Waals surface area contributed by atoms with Crippen LogP contribution in [0.15, 0.2) is 18.3 Å². The van der Waals surface area contributed by atoms with Crippen molar-refractivity contribution in [3.05, 3.63) is 23.9 Å². The summed E-state index contributed by atoms with van der Waals surface area (Å²) in [6.07, 6.45) is 2.07. The molecule has 0 aromatic carbocycles. The van der Waals surface area contributed by atoms with Crippen molar-refractivity contribution in [2.45, 2.75) is 52.5 Å². The fraction of sp³-hybridized carbons (Fsp3) is 0.684. The first-order valence-electron chi connectivity index (χ1n) is 9.08. The summed E-state index contributed by atoms with van der Waals surface area (Å²) >= 11 is 0. The average Bonchev–Trinajstić information content (AvgIpc) is 2.52. The highest BCUT2D eigenvalue weighted by atomic mass is 16.5. The van der Waals surface area contributed by atoms with Gasteiger partial charge in [0.05, 0.1) is 18.2 Å². The fourth-order valence-corrected chi connectivity index (χ4v) is 3.59. The van der Waals surface area contributed by atoms with Gasteiger partial charge in [-0.3, -0.25) is 9.69 Å². The highest BCUT2D eigenvalue weighted by molar-refractivity contribution is 5.82. The summed E-state index contributed by atoms with van der Waals surface area (Å²) in [7, 11) is 3.92. The van der Waals surface area contributed by atoms with E-state index in [0.717, 1.165) is 24.5 Å². The van der Waals surface area contributed by atoms with Crippen LogP contribution >= 0.6 is 0 Å². The minimum atomic E-state index is -0.145. The van der Waals surface area contributed by atoms with E-state index in [2.05, 4.69) is 42.9 Å². The average molecular weight is 348 g/mol. The van der Waals surface area contributed by atoms with Gasteiger partial charge in [-0.15, -0.1) is 0 Å². The Labute approximate surface area is 151 Å². The Balaban J connectivity index is 2.06. The van der Waals surface area contributed by atoms with Gasteiger partial charge >= 0.3 is 0 Å². The van der Waals surface area contributed by atoms with Crippen molar-refractivity contribution in [1.29, 1.82) is 0 Å². The van der Waals surface area contributed by atoms with Crippen LogP contribution in [0.25, 0.3) is 0 Å². The fourth-order valence-electron chi connectivity index (χ4n) is 3.59. The molecule has 1 aliphatic heterocycles. The number of carbonyl (C=O) groups is 1. The first-order chi connectivity index (χ1) is 11.8. The maximum atomic E-state index is 12.9. The molecule has 2 rings (SSSR count). The zero-order valence-electron chi connectivity index (χ0n) is 16.3.